The Morgan fingerprint density at radius 1 is 0.476 bits per heavy atom. The topological polar surface area (TPSA) is 0 Å². The lowest BCUT2D eigenvalue weighted by molar-refractivity contribution is -0.00000390. The van der Waals surface area contributed by atoms with Crippen LogP contribution in [0.2, 0.25) is 0 Å². The molecule has 0 N–H and O–H groups in total. The smallest absolute Gasteiger partial charge is 0.109 e. The van der Waals surface area contributed by atoms with Gasteiger partial charge in [-0.05, 0) is 36.4 Å². The van der Waals surface area contributed by atoms with Crippen LogP contribution in [0.25, 0.3) is 0 Å². The van der Waals surface area contributed by atoms with Crippen LogP contribution in [0.4, 0.5) is 0 Å². The first kappa shape index (κ1) is 16.2. The fourth-order valence-electron chi connectivity index (χ4n) is 2.63. The number of rotatable bonds is 3. The Morgan fingerprint density at radius 2 is 0.714 bits per heavy atom. The molecule has 3 aromatic rings. The molecule has 106 valence electrons. The van der Waals surface area contributed by atoms with Gasteiger partial charge in [0.2, 0.25) is 0 Å². The summed E-state index contributed by atoms with van der Waals surface area (Å²) in [5.74, 6) is 0. The summed E-state index contributed by atoms with van der Waals surface area (Å²) in [6.45, 7) is 2.41. The van der Waals surface area contributed by atoms with Crippen LogP contribution in [0.15, 0.2) is 91.0 Å². The molecule has 0 aliphatic carbocycles. The van der Waals surface area contributed by atoms with Crippen molar-refractivity contribution in [2.24, 2.45) is 0 Å². The quantitative estimate of drug-likeness (QED) is 0.442. The van der Waals surface area contributed by atoms with Gasteiger partial charge in [0.25, 0.3) is 0 Å². The van der Waals surface area contributed by atoms with Crippen LogP contribution in [0.3, 0.4) is 0 Å². The second-order valence-electron chi connectivity index (χ2n) is 5.01. The molecular formula is C19H18IP. The summed E-state index contributed by atoms with van der Waals surface area (Å²) in [6.07, 6.45) is 0. The number of hydrogen-bond acceptors (Lipinski definition) is 0. The highest BCUT2D eigenvalue weighted by Crippen LogP contribution is 2.51. The first-order valence-corrected chi connectivity index (χ1v) is 9.09. The number of halogens is 1. The van der Waals surface area contributed by atoms with Gasteiger partial charge in [0.15, 0.2) is 0 Å². The Labute approximate surface area is 144 Å². The molecule has 0 amide bonds. The minimum Gasteiger partial charge on any atom is -1.00 e. The minimum absolute atomic E-state index is 0. The van der Waals surface area contributed by atoms with Crippen molar-refractivity contribution in [1.29, 1.82) is 0 Å². The normalized spacial score (nSPS) is 10.7. The van der Waals surface area contributed by atoms with E-state index in [1.807, 2.05) is 0 Å². The molecule has 3 rings (SSSR count). The highest BCUT2D eigenvalue weighted by molar-refractivity contribution is 7.95. The highest BCUT2D eigenvalue weighted by Gasteiger charge is 2.39. The van der Waals surface area contributed by atoms with Gasteiger partial charge in [-0.2, -0.15) is 0 Å². The Hall–Kier alpha value is -1.18. The van der Waals surface area contributed by atoms with E-state index in [0.29, 0.717) is 0 Å². The number of benzene rings is 3. The molecule has 0 aliphatic rings. The molecule has 2 heteroatoms. The third-order valence-electron chi connectivity index (χ3n) is 3.82. The molecule has 0 heterocycles. The molecule has 0 fully saturated rings. The highest BCUT2D eigenvalue weighted by atomic mass is 127. The zero-order valence-electron chi connectivity index (χ0n) is 12.0. The van der Waals surface area contributed by atoms with E-state index >= 15 is 0 Å². The largest absolute Gasteiger partial charge is 1.00 e. The first-order chi connectivity index (χ1) is 9.82. The van der Waals surface area contributed by atoms with E-state index in [4.69, 9.17) is 0 Å². The molecule has 0 radical (unpaired) electrons. The van der Waals surface area contributed by atoms with Crippen molar-refractivity contribution in [3.8, 4) is 0 Å². The lowest BCUT2D eigenvalue weighted by atomic mass is 10.4. The van der Waals surface area contributed by atoms with Crippen molar-refractivity contribution >= 4 is 23.2 Å². The Bertz CT molecular complexity index is 569. The van der Waals surface area contributed by atoms with Gasteiger partial charge in [-0.1, -0.05) is 54.6 Å². The predicted molar refractivity (Wildman–Crippen MR) is 91.1 cm³/mol. The SMILES string of the molecule is [14CH3][P+](c1ccccc1)(c1ccccc1)c1ccccc1.[I-]. The molecule has 0 bridgehead atoms. The van der Waals surface area contributed by atoms with Gasteiger partial charge in [0.1, 0.15) is 23.2 Å². The second kappa shape index (κ2) is 7.20. The lowest BCUT2D eigenvalue weighted by Crippen LogP contribution is -3.00. The summed E-state index contributed by atoms with van der Waals surface area (Å²) < 4.78 is 0. The van der Waals surface area contributed by atoms with Gasteiger partial charge in [0, 0.05) is 0 Å². The molecule has 0 aliphatic heterocycles. The lowest BCUT2D eigenvalue weighted by Gasteiger charge is -2.22. The fourth-order valence-corrected chi connectivity index (χ4v) is 5.83. The van der Waals surface area contributed by atoms with E-state index in [9.17, 15) is 0 Å². The van der Waals surface area contributed by atoms with E-state index in [1.165, 1.54) is 15.9 Å². The maximum Gasteiger partial charge on any atom is 0.109 e. The number of hydrogen-bond donors (Lipinski definition) is 0. The summed E-state index contributed by atoms with van der Waals surface area (Å²) in [4.78, 5) is 0. The second-order valence-corrected chi connectivity index (χ2v) is 8.57. The third-order valence-corrected chi connectivity index (χ3v) is 7.81. The zero-order valence-corrected chi connectivity index (χ0v) is 15.0. The summed E-state index contributed by atoms with van der Waals surface area (Å²) in [5.41, 5.74) is 0. The zero-order chi connectivity index (χ0) is 13.8. The Balaban J connectivity index is 0.00000161. The predicted octanol–water partition coefficient (Wildman–Crippen LogP) is 0.614. The van der Waals surface area contributed by atoms with Crippen molar-refractivity contribution in [2.45, 2.75) is 0 Å². The third kappa shape index (κ3) is 3.20. The van der Waals surface area contributed by atoms with Crippen molar-refractivity contribution < 1.29 is 24.0 Å². The maximum atomic E-state index is 2.41. The van der Waals surface area contributed by atoms with Gasteiger partial charge in [-0.3, -0.25) is 0 Å². The molecule has 0 aromatic heterocycles. The van der Waals surface area contributed by atoms with Crippen LogP contribution in [0.5, 0.6) is 0 Å². The summed E-state index contributed by atoms with van der Waals surface area (Å²) >= 11 is 0. The summed E-state index contributed by atoms with van der Waals surface area (Å²) in [6, 6.07) is 32.6. The van der Waals surface area contributed by atoms with E-state index in [2.05, 4.69) is 97.7 Å². The average molecular weight is 406 g/mol. The molecule has 21 heavy (non-hydrogen) atoms. The molecule has 0 nitrogen and oxygen atoms in total. The van der Waals surface area contributed by atoms with Crippen LogP contribution in [0.1, 0.15) is 0 Å². The van der Waals surface area contributed by atoms with E-state index < -0.39 is 7.26 Å². The monoisotopic (exact) mass is 406 g/mol. The van der Waals surface area contributed by atoms with Crippen LogP contribution < -0.4 is 39.9 Å². The Morgan fingerprint density at radius 3 is 0.952 bits per heavy atom. The standard InChI is InChI=1S/C19H18P.HI/c1-20(17-11-5-2-6-12-17,18-13-7-3-8-14-18)19-15-9-4-10-16-19;/h2-16H,1H3;1H/q+1;/p-1/i1+2;. The van der Waals surface area contributed by atoms with Crippen molar-refractivity contribution in [2.75, 3.05) is 6.66 Å². The minimum atomic E-state index is -1.53. The molecule has 0 atom stereocenters. The van der Waals surface area contributed by atoms with Gasteiger partial charge in [-0.25, -0.2) is 0 Å². The van der Waals surface area contributed by atoms with Crippen LogP contribution in [-0.2, 0) is 0 Å². The molecule has 0 saturated heterocycles. The molecule has 3 aromatic carbocycles. The van der Waals surface area contributed by atoms with Gasteiger partial charge in [0.05, 0.1) is 6.66 Å². The fraction of sp³-hybridized carbons (Fsp3) is 0.0526. The Kier molecular flexibility index (Phi) is 5.55. The van der Waals surface area contributed by atoms with Crippen LogP contribution >= 0.6 is 7.26 Å². The molecule has 0 spiro atoms. The van der Waals surface area contributed by atoms with Crippen molar-refractivity contribution in [1.82, 2.24) is 0 Å². The molecule has 0 unspecified atom stereocenters. The average Bonchev–Trinajstić information content (AvgIpc) is 2.56. The van der Waals surface area contributed by atoms with E-state index in [0.717, 1.165) is 0 Å². The van der Waals surface area contributed by atoms with Gasteiger partial charge < -0.3 is 24.0 Å². The summed E-state index contributed by atoms with van der Waals surface area (Å²) in [5, 5.41) is 4.28. The van der Waals surface area contributed by atoms with Crippen molar-refractivity contribution in [3.63, 3.8) is 0 Å². The molecular weight excluding hydrogens is 388 g/mol. The van der Waals surface area contributed by atoms with E-state index in [1.54, 1.807) is 0 Å². The molecule has 0 saturated carbocycles. The summed E-state index contributed by atoms with van der Waals surface area (Å²) in [7, 11) is -1.53. The van der Waals surface area contributed by atoms with Crippen LogP contribution in [0, 0.1) is 0 Å². The van der Waals surface area contributed by atoms with Gasteiger partial charge in [-0.15, -0.1) is 0 Å². The maximum absolute atomic E-state index is 2.41. The van der Waals surface area contributed by atoms with Crippen LogP contribution in [-0.4, -0.2) is 6.66 Å². The van der Waals surface area contributed by atoms with E-state index in [-0.39, 0.29) is 24.0 Å². The first-order valence-electron chi connectivity index (χ1n) is 6.85. The van der Waals surface area contributed by atoms with Gasteiger partial charge >= 0.3 is 0 Å². The van der Waals surface area contributed by atoms with Crippen molar-refractivity contribution in [3.05, 3.63) is 91.0 Å².